The number of para-hydroxylation sites is 1. The summed E-state index contributed by atoms with van der Waals surface area (Å²) in [6, 6.07) is 12.1. The second-order valence-electron chi connectivity index (χ2n) is 5.47. The molecule has 0 radical (unpaired) electrons. The maximum Gasteiger partial charge on any atom is 0.273 e. The number of pyridine rings is 1. The fourth-order valence-electron chi connectivity index (χ4n) is 2.48. The first-order valence-corrected chi connectivity index (χ1v) is 7.50. The van der Waals surface area contributed by atoms with Crippen LogP contribution in [0.3, 0.4) is 0 Å². The van der Waals surface area contributed by atoms with E-state index >= 15 is 0 Å². The first-order valence-electron chi connectivity index (χ1n) is 7.50. The van der Waals surface area contributed by atoms with Gasteiger partial charge < -0.3 is 11.1 Å². The molecule has 24 heavy (non-hydrogen) atoms. The summed E-state index contributed by atoms with van der Waals surface area (Å²) in [6.07, 6.45) is 1.75. The van der Waals surface area contributed by atoms with Crippen LogP contribution in [0.15, 0.2) is 53.8 Å². The SMILES string of the molecule is Cc1cccnc1NC(=O)C1=NN(c2ccccc2)C(C(N)=O)C1. The lowest BCUT2D eigenvalue weighted by molar-refractivity contribution is -0.119. The largest absolute Gasteiger partial charge is 0.368 e. The maximum atomic E-state index is 12.5. The minimum atomic E-state index is -0.682. The van der Waals surface area contributed by atoms with Gasteiger partial charge in [0.1, 0.15) is 17.6 Å². The Labute approximate surface area is 139 Å². The number of rotatable bonds is 4. The first-order chi connectivity index (χ1) is 11.6. The van der Waals surface area contributed by atoms with Gasteiger partial charge in [-0.1, -0.05) is 24.3 Å². The number of benzene rings is 1. The van der Waals surface area contributed by atoms with Crippen molar-refractivity contribution >= 4 is 29.0 Å². The van der Waals surface area contributed by atoms with Crippen molar-refractivity contribution in [3.8, 4) is 0 Å². The smallest absolute Gasteiger partial charge is 0.273 e. The highest BCUT2D eigenvalue weighted by Gasteiger charge is 2.35. The summed E-state index contributed by atoms with van der Waals surface area (Å²) >= 11 is 0. The number of nitrogens with zero attached hydrogens (tertiary/aromatic N) is 3. The lowest BCUT2D eigenvalue weighted by Crippen LogP contribution is -2.39. The van der Waals surface area contributed by atoms with Gasteiger partial charge in [0, 0.05) is 12.6 Å². The van der Waals surface area contributed by atoms with Crippen molar-refractivity contribution in [1.29, 1.82) is 0 Å². The summed E-state index contributed by atoms with van der Waals surface area (Å²) in [5, 5.41) is 8.51. The number of carbonyl (C=O) groups excluding carboxylic acids is 2. The molecule has 0 saturated heterocycles. The second-order valence-corrected chi connectivity index (χ2v) is 5.47. The van der Waals surface area contributed by atoms with Gasteiger partial charge in [-0.2, -0.15) is 5.10 Å². The Morgan fingerprint density at radius 3 is 2.62 bits per heavy atom. The number of hydrazone groups is 1. The van der Waals surface area contributed by atoms with E-state index in [1.807, 2.05) is 43.3 Å². The van der Waals surface area contributed by atoms with E-state index in [9.17, 15) is 9.59 Å². The first kappa shape index (κ1) is 15.7. The minimum absolute atomic E-state index is 0.155. The number of primary amides is 1. The van der Waals surface area contributed by atoms with Crippen LogP contribution in [-0.2, 0) is 9.59 Å². The van der Waals surface area contributed by atoms with Crippen molar-refractivity contribution in [2.75, 3.05) is 10.3 Å². The van der Waals surface area contributed by atoms with E-state index in [-0.39, 0.29) is 18.0 Å². The predicted octanol–water partition coefficient (Wildman–Crippen LogP) is 1.45. The second kappa shape index (κ2) is 6.49. The van der Waals surface area contributed by atoms with Crippen molar-refractivity contribution in [3.05, 3.63) is 54.2 Å². The summed E-state index contributed by atoms with van der Waals surface area (Å²) < 4.78 is 0. The van der Waals surface area contributed by atoms with Gasteiger partial charge in [0.05, 0.1) is 5.69 Å². The highest BCUT2D eigenvalue weighted by atomic mass is 16.2. The normalized spacial score (nSPS) is 16.6. The molecule has 7 nitrogen and oxygen atoms in total. The number of aryl methyl sites for hydroxylation is 1. The zero-order valence-electron chi connectivity index (χ0n) is 13.1. The average molecular weight is 323 g/mol. The van der Waals surface area contributed by atoms with Gasteiger partial charge in [-0.05, 0) is 30.7 Å². The summed E-state index contributed by atoms with van der Waals surface area (Å²) in [4.78, 5) is 28.3. The lowest BCUT2D eigenvalue weighted by atomic mass is 10.1. The van der Waals surface area contributed by atoms with Gasteiger partial charge in [-0.15, -0.1) is 0 Å². The number of nitrogens with two attached hydrogens (primary N) is 1. The molecule has 1 aliphatic rings. The van der Waals surface area contributed by atoms with E-state index < -0.39 is 11.9 Å². The fraction of sp³-hybridized carbons (Fsp3) is 0.176. The van der Waals surface area contributed by atoms with Crippen LogP contribution in [0, 0.1) is 6.92 Å². The van der Waals surface area contributed by atoms with E-state index in [1.165, 1.54) is 5.01 Å². The topological polar surface area (TPSA) is 101 Å². The van der Waals surface area contributed by atoms with Gasteiger partial charge in [0.2, 0.25) is 5.91 Å². The van der Waals surface area contributed by atoms with E-state index in [0.29, 0.717) is 11.5 Å². The van der Waals surface area contributed by atoms with Crippen molar-refractivity contribution in [1.82, 2.24) is 4.98 Å². The molecule has 3 rings (SSSR count). The Morgan fingerprint density at radius 2 is 1.96 bits per heavy atom. The Kier molecular flexibility index (Phi) is 4.24. The van der Waals surface area contributed by atoms with E-state index in [0.717, 1.165) is 5.56 Å². The number of carbonyl (C=O) groups is 2. The number of hydrogen-bond acceptors (Lipinski definition) is 5. The molecule has 1 atom stereocenters. The monoisotopic (exact) mass is 323 g/mol. The minimum Gasteiger partial charge on any atom is -0.368 e. The summed E-state index contributed by atoms with van der Waals surface area (Å²) in [5.41, 5.74) is 7.26. The summed E-state index contributed by atoms with van der Waals surface area (Å²) in [6.45, 7) is 1.85. The van der Waals surface area contributed by atoms with Crippen LogP contribution in [0.5, 0.6) is 0 Å². The molecule has 0 aliphatic carbocycles. The molecule has 122 valence electrons. The Morgan fingerprint density at radius 1 is 1.21 bits per heavy atom. The van der Waals surface area contributed by atoms with Crippen molar-refractivity contribution in [2.24, 2.45) is 10.8 Å². The third-order valence-electron chi connectivity index (χ3n) is 3.76. The van der Waals surface area contributed by atoms with Crippen molar-refractivity contribution < 1.29 is 9.59 Å². The quantitative estimate of drug-likeness (QED) is 0.889. The number of anilines is 2. The molecule has 1 unspecified atom stereocenters. The zero-order chi connectivity index (χ0) is 17.1. The van der Waals surface area contributed by atoms with Crippen LogP contribution in [0.25, 0.3) is 0 Å². The third kappa shape index (κ3) is 3.10. The average Bonchev–Trinajstić information content (AvgIpc) is 3.03. The maximum absolute atomic E-state index is 12.5. The molecule has 2 amide bonds. The molecule has 3 N–H and O–H groups in total. The summed E-state index contributed by atoms with van der Waals surface area (Å²) in [7, 11) is 0. The molecule has 1 aliphatic heterocycles. The lowest BCUT2D eigenvalue weighted by Gasteiger charge is -2.20. The predicted molar refractivity (Wildman–Crippen MR) is 91.6 cm³/mol. The standard InChI is InChI=1S/C17H17N5O2/c1-11-6-5-9-19-16(11)20-17(24)13-10-14(15(18)23)22(21-13)12-7-3-2-4-8-12/h2-9,14H,10H2,1H3,(H2,18,23)(H,19,20,24). The van der Waals surface area contributed by atoms with Gasteiger partial charge in [0.15, 0.2) is 0 Å². The number of amides is 2. The Hall–Kier alpha value is -3.22. The van der Waals surface area contributed by atoms with Crippen LogP contribution in [0.2, 0.25) is 0 Å². The molecule has 0 saturated carbocycles. The molecular formula is C17H17N5O2. The van der Waals surface area contributed by atoms with Crippen LogP contribution < -0.4 is 16.1 Å². The van der Waals surface area contributed by atoms with Gasteiger partial charge >= 0.3 is 0 Å². The zero-order valence-corrected chi connectivity index (χ0v) is 13.1. The Balaban J connectivity index is 1.84. The highest BCUT2D eigenvalue weighted by molar-refractivity contribution is 6.44. The molecular weight excluding hydrogens is 306 g/mol. The molecule has 0 fully saturated rings. The van der Waals surface area contributed by atoms with Crippen LogP contribution in [0.1, 0.15) is 12.0 Å². The van der Waals surface area contributed by atoms with Crippen LogP contribution in [0.4, 0.5) is 11.5 Å². The number of aromatic nitrogens is 1. The van der Waals surface area contributed by atoms with Crippen molar-refractivity contribution in [3.63, 3.8) is 0 Å². The summed E-state index contributed by atoms with van der Waals surface area (Å²) in [5.74, 6) is -0.445. The van der Waals surface area contributed by atoms with Gasteiger partial charge in [-0.3, -0.25) is 14.6 Å². The van der Waals surface area contributed by atoms with Crippen molar-refractivity contribution in [2.45, 2.75) is 19.4 Å². The molecule has 2 heterocycles. The highest BCUT2D eigenvalue weighted by Crippen LogP contribution is 2.24. The molecule has 7 heteroatoms. The van der Waals surface area contributed by atoms with Crippen LogP contribution >= 0.6 is 0 Å². The molecule has 0 bridgehead atoms. The molecule has 2 aromatic rings. The van der Waals surface area contributed by atoms with Gasteiger partial charge in [-0.25, -0.2) is 4.98 Å². The fourth-order valence-corrected chi connectivity index (χ4v) is 2.48. The van der Waals surface area contributed by atoms with E-state index in [2.05, 4.69) is 15.4 Å². The Bertz CT molecular complexity index is 804. The molecule has 1 aromatic heterocycles. The molecule has 1 aromatic carbocycles. The van der Waals surface area contributed by atoms with E-state index in [1.54, 1.807) is 12.3 Å². The number of nitrogens with one attached hydrogen (secondary N) is 1. The third-order valence-corrected chi connectivity index (χ3v) is 3.76. The van der Waals surface area contributed by atoms with E-state index in [4.69, 9.17) is 5.73 Å². The number of hydrogen-bond donors (Lipinski definition) is 2. The van der Waals surface area contributed by atoms with Gasteiger partial charge in [0.25, 0.3) is 5.91 Å². The van der Waals surface area contributed by atoms with Crippen LogP contribution in [-0.4, -0.2) is 28.6 Å². The molecule has 0 spiro atoms.